The molecule has 1 saturated heterocycles. The molecule has 174 valence electrons. The van der Waals surface area contributed by atoms with E-state index in [4.69, 9.17) is 4.74 Å². The number of hydrogen-bond acceptors (Lipinski definition) is 7. The van der Waals surface area contributed by atoms with Gasteiger partial charge in [-0.3, -0.25) is 0 Å². The summed E-state index contributed by atoms with van der Waals surface area (Å²) in [5, 5.41) is 3.96. The second kappa shape index (κ2) is 10.6. The molecule has 8 nitrogen and oxygen atoms in total. The molecule has 0 bridgehead atoms. The lowest BCUT2D eigenvalue weighted by molar-refractivity contribution is -0.145. The SMILES string of the molecule is CCOC(=O)C(Cc1ccccc1)NC(=O)N1CCN(c2ncnc3sc(CC)cc23)CC1. The minimum atomic E-state index is -0.724. The summed E-state index contributed by atoms with van der Waals surface area (Å²) in [5.41, 5.74) is 0.968. The van der Waals surface area contributed by atoms with Gasteiger partial charge in [0.15, 0.2) is 0 Å². The Morgan fingerprint density at radius 1 is 1.12 bits per heavy atom. The molecule has 3 heterocycles. The third-order valence-corrected chi connectivity index (χ3v) is 6.91. The maximum absolute atomic E-state index is 13.0. The van der Waals surface area contributed by atoms with Gasteiger partial charge in [-0.1, -0.05) is 37.3 Å². The van der Waals surface area contributed by atoms with E-state index in [1.165, 1.54) is 4.88 Å². The first kappa shape index (κ1) is 23.0. The van der Waals surface area contributed by atoms with Crippen molar-refractivity contribution in [1.29, 1.82) is 0 Å². The Morgan fingerprint density at radius 2 is 1.88 bits per heavy atom. The van der Waals surface area contributed by atoms with E-state index in [1.54, 1.807) is 29.5 Å². The largest absolute Gasteiger partial charge is 0.464 e. The summed E-state index contributed by atoms with van der Waals surface area (Å²) in [5.74, 6) is 0.505. The van der Waals surface area contributed by atoms with Crippen molar-refractivity contribution in [1.82, 2.24) is 20.2 Å². The van der Waals surface area contributed by atoms with Crippen molar-refractivity contribution in [2.75, 3.05) is 37.7 Å². The molecule has 1 atom stereocenters. The van der Waals surface area contributed by atoms with Gasteiger partial charge >= 0.3 is 12.0 Å². The lowest BCUT2D eigenvalue weighted by Crippen LogP contribution is -2.55. The summed E-state index contributed by atoms with van der Waals surface area (Å²) >= 11 is 1.70. The Balaban J connectivity index is 1.40. The molecule has 3 aromatic rings. The number of aromatic nitrogens is 2. The number of esters is 1. The van der Waals surface area contributed by atoms with Crippen LogP contribution in [-0.2, 0) is 22.4 Å². The Hall–Kier alpha value is -3.20. The summed E-state index contributed by atoms with van der Waals surface area (Å²) in [6.45, 7) is 6.59. The normalized spacial score (nSPS) is 14.8. The highest BCUT2D eigenvalue weighted by Crippen LogP contribution is 2.30. The number of anilines is 1. The van der Waals surface area contributed by atoms with E-state index in [9.17, 15) is 9.59 Å². The molecule has 1 unspecified atom stereocenters. The van der Waals surface area contributed by atoms with Crippen LogP contribution in [0.25, 0.3) is 10.2 Å². The number of carbonyl (C=O) groups excluding carboxylic acids is 2. The molecule has 9 heteroatoms. The highest BCUT2D eigenvalue weighted by molar-refractivity contribution is 7.18. The van der Waals surface area contributed by atoms with Crippen LogP contribution in [0, 0.1) is 0 Å². The fraction of sp³-hybridized carbons (Fsp3) is 0.417. The Labute approximate surface area is 197 Å². The van der Waals surface area contributed by atoms with Gasteiger partial charge in [0.05, 0.1) is 12.0 Å². The minimum Gasteiger partial charge on any atom is -0.464 e. The highest BCUT2D eigenvalue weighted by atomic mass is 32.1. The molecule has 2 aromatic heterocycles. The van der Waals surface area contributed by atoms with E-state index in [0.29, 0.717) is 32.6 Å². The Kier molecular flexibility index (Phi) is 7.39. The van der Waals surface area contributed by atoms with Crippen molar-refractivity contribution < 1.29 is 14.3 Å². The topological polar surface area (TPSA) is 87.7 Å². The molecular formula is C24H29N5O3S. The molecule has 1 aliphatic heterocycles. The third kappa shape index (κ3) is 5.42. The van der Waals surface area contributed by atoms with E-state index in [-0.39, 0.29) is 12.6 Å². The van der Waals surface area contributed by atoms with Gasteiger partial charge in [0, 0.05) is 37.5 Å². The zero-order valence-corrected chi connectivity index (χ0v) is 19.8. The molecule has 1 fully saturated rings. The molecule has 1 aliphatic rings. The summed E-state index contributed by atoms with van der Waals surface area (Å²) < 4.78 is 5.20. The molecule has 4 rings (SSSR count). The van der Waals surface area contributed by atoms with Gasteiger partial charge in [0.2, 0.25) is 0 Å². The molecule has 1 N–H and O–H groups in total. The lowest BCUT2D eigenvalue weighted by Gasteiger charge is -2.36. The molecule has 2 amide bonds. The van der Waals surface area contributed by atoms with Crippen molar-refractivity contribution >= 4 is 39.4 Å². The molecular weight excluding hydrogens is 438 g/mol. The monoisotopic (exact) mass is 467 g/mol. The van der Waals surface area contributed by atoms with Gasteiger partial charge in [-0.25, -0.2) is 19.6 Å². The molecule has 1 aromatic carbocycles. The number of urea groups is 1. The van der Waals surface area contributed by atoms with Crippen LogP contribution < -0.4 is 10.2 Å². The Bertz CT molecular complexity index is 1100. The van der Waals surface area contributed by atoms with Crippen molar-refractivity contribution in [2.45, 2.75) is 32.7 Å². The van der Waals surface area contributed by atoms with E-state index >= 15 is 0 Å². The number of thiophene rings is 1. The van der Waals surface area contributed by atoms with Crippen LogP contribution in [0.15, 0.2) is 42.7 Å². The first-order valence-corrected chi connectivity index (χ1v) is 12.1. The summed E-state index contributed by atoms with van der Waals surface area (Å²) in [7, 11) is 0. The van der Waals surface area contributed by atoms with E-state index < -0.39 is 12.0 Å². The number of ether oxygens (including phenoxy) is 1. The van der Waals surface area contributed by atoms with Crippen molar-refractivity contribution in [3.8, 4) is 0 Å². The van der Waals surface area contributed by atoms with Crippen molar-refractivity contribution in [2.24, 2.45) is 0 Å². The minimum absolute atomic E-state index is 0.250. The van der Waals surface area contributed by atoms with Gasteiger partial charge < -0.3 is 19.9 Å². The zero-order chi connectivity index (χ0) is 23.2. The smallest absolute Gasteiger partial charge is 0.329 e. The summed E-state index contributed by atoms with van der Waals surface area (Å²) in [6, 6.07) is 10.8. The summed E-state index contributed by atoms with van der Waals surface area (Å²) in [6.07, 6.45) is 2.97. The molecule has 0 spiro atoms. The van der Waals surface area contributed by atoms with Crippen LogP contribution in [-0.4, -0.2) is 65.7 Å². The molecule has 33 heavy (non-hydrogen) atoms. The quantitative estimate of drug-likeness (QED) is 0.537. The number of aryl methyl sites for hydroxylation is 1. The van der Waals surface area contributed by atoms with Crippen LogP contribution in [0.2, 0.25) is 0 Å². The van der Waals surface area contributed by atoms with E-state index in [1.807, 2.05) is 30.3 Å². The number of hydrogen-bond donors (Lipinski definition) is 1. The van der Waals surface area contributed by atoms with Crippen LogP contribution in [0.1, 0.15) is 24.3 Å². The Morgan fingerprint density at radius 3 is 2.58 bits per heavy atom. The number of nitrogens with one attached hydrogen (secondary N) is 1. The lowest BCUT2D eigenvalue weighted by atomic mass is 10.1. The number of nitrogens with zero attached hydrogens (tertiary/aromatic N) is 4. The van der Waals surface area contributed by atoms with Gasteiger partial charge in [-0.15, -0.1) is 11.3 Å². The van der Waals surface area contributed by atoms with Crippen LogP contribution in [0.5, 0.6) is 0 Å². The number of fused-ring (bicyclic) bond motifs is 1. The molecule has 0 radical (unpaired) electrons. The number of benzene rings is 1. The number of carbonyl (C=O) groups is 2. The first-order valence-electron chi connectivity index (χ1n) is 11.3. The fourth-order valence-electron chi connectivity index (χ4n) is 3.97. The molecule has 0 saturated carbocycles. The predicted octanol–water partition coefficient (Wildman–Crippen LogP) is 3.26. The van der Waals surface area contributed by atoms with Gasteiger partial charge in [-0.2, -0.15) is 0 Å². The summed E-state index contributed by atoms with van der Waals surface area (Å²) in [4.78, 5) is 40.6. The van der Waals surface area contributed by atoms with Gasteiger partial charge in [-0.05, 0) is 25.0 Å². The predicted molar refractivity (Wildman–Crippen MR) is 130 cm³/mol. The third-order valence-electron chi connectivity index (χ3n) is 5.73. The van der Waals surface area contributed by atoms with Crippen LogP contribution in [0.3, 0.4) is 0 Å². The van der Waals surface area contributed by atoms with Crippen LogP contribution in [0.4, 0.5) is 10.6 Å². The number of rotatable bonds is 7. The average molecular weight is 468 g/mol. The average Bonchev–Trinajstić information content (AvgIpc) is 3.28. The van der Waals surface area contributed by atoms with Crippen molar-refractivity contribution in [3.05, 3.63) is 53.2 Å². The fourth-order valence-corrected chi connectivity index (χ4v) is 4.90. The number of piperazine rings is 1. The van der Waals surface area contributed by atoms with Crippen LogP contribution >= 0.6 is 11.3 Å². The van der Waals surface area contributed by atoms with E-state index in [2.05, 4.69) is 33.2 Å². The first-order chi connectivity index (χ1) is 16.1. The second-order valence-electron chi connectivity index (χ2n) is 7.90. The molecule has 0 aliphatic carbocycles. The number of amides is 2. The van der Waals surface area contributed by atoms with Gasteiger partial charge in [0.1, 0.15) is 23.0 Å². The maximum Gasteiger partial charge on any atom is 0.329 e. The van der Waals surface area contributed by atoms with Crippen molar-refractivity contribution in [3.63, 3.8) is 0 Å². The zero-order valence-electron chi connectivity index (χ0n) is 19.0. The van der Waals surface area contributed by atoms with E-state index in [0.717, 1.165) is 28.0 Å². The maximum atomic E-state index is 13.0. The highest BCUT2D eigenvalue weighted by Gasteiger charge is 2.28. The van der Waals surface area contributed by atoms with Gasteiger partial charge in [0.25, 0.3) is 0 Å². The second-order valence-corrected chi connectivity index (χ2v) is 9.02. The standard InChI is InChI=1S/C24H29N5O3S/c1-3-18-15-19-21(25-16-26-22(19)33-18)28-10-12-29(13-11-28)24(31)27-20(23(30)32-4-2)14-17-8-6-5-7-9-17/h5-9,15-16,20H,3-4,10-14H2,1-2H3,(H,27,31).